The van der Waals surface area contributed by atoms with E-state index in [0.29, 0.717) is 12.2 Å². The van der Waals surface area contributed by atoms with Crippen LogP contribution >= 0.6 is 11.8 Å². The van der Waals surface area contributed by atoms with Crippen molar-refractivity contribution in [3.8, 4) is 0 Å². The summed E-state index contributed by atoms with van der Waals surface area (Å²) in [7, 11) is 0. The van der Waals surface area contributed by atoms with E-state index < -0.39 is 0 Å². The van der Waals surface area contributed by atoms with E-state index in [4.69, 9.17) is 16.6 Å². The summed E-state index contributed by atoms with van der Waals surface area (Å²) < 4.78 is 0.718. The van der Waals surface area contributed by atoms with Crippen molar-refractivity contribution in [1.82, 2.24) is 4.58 Å². The Morgan fingerprint density at radius 3 is 2.62 bits per heavy atom. The van der Waals surface area contributed by atoms with E-state index in [1.54, 1.807) is 31.2 Å². The number of carbonyl (C=O) groups excluding carboxylic acids is 1. The highest BCUT2D eigenvalue weighted by Gasteiger charge is 2.12. The molecule has 1 amide bonds. The molecule has 0 saturated heterocycles. The molecule has 1 aromatic rings. The van der Waals surface area contributed by atoms with Gasteiger partial charge in [0.15, 0.2) is 0 Å². The Kier molecular flexibility index (Phi) is 3.73. The first-order chi connectivity index (χ1) is 6.25. The van der Waals surface area contributed by atoms with Gasteiger partial charge in [-0.1, -0.05) is 18.2 Å². The summed E-state index contributed by atoms with van der Waals surface area (Å²) in [5.41, 5.74) is 0.506. The molecule has 0 heterocycles. The minimum atomic E-state index is -0.357. The average molecular weight is 200 g/mol. The number of rotatable bonds is 3. The van der Waals surface area contributed by atoms with Crippen LogP contribution in [0, 0.1) is 0 Å². The van der Waals surface area contributed by atoms with Crippen LogP contribution in [0.4, 0.5) is 0 Å². The maximum Gasteiger partial charge on any atom is 0.292 e. The molecule has 0 atom stereocenters. The quantitative estimate of drug-likeness (QED) is 0.552. The molecular formula is C9H10ClNO2. The van der Waals surface area contributed by atoms with Crippen LogP contribution in [0.1, 0.15) is 17.3 Å². The van der Waals surface area contributed by atoms with Crippen molar-refractivity contribution < 1.29 is 9.63 Å². The number of benzene rings is 1. The molecule has 0 fully saturated rings. The van der Waals surface area contributed by atoms with Gasteiger partial charge >= 0.3 is 0 Å². The average Bonchev–Trinajstić information content (AvgIpc) is 2.18. The third kappa shape index (κ3) is 2.72. The molecule has 0 aliphatic carbocycles. The van der Waals surface area contributed by atoms with E-state index in [1.165, 1.54) is 0 Å². The topological polar surface area (TPSA) is 29.5 Å². The minimum Gasteiger partial charge on any atom is -0.265 e. The first-order valence-corrected chi connectivity index (χ1v) is 4.27. The molecule has 0 radical (unpaired) electrons. The fraction of sp³-hybridized carbons (Fsp3) is 0.222. The van der Waals surface area contributed by atoms with Crippen molar-refractivity contribution in [2.45, 2.75) is 6.92 Å². The molecule has 1 aromatic carbocycles. The van der Waals surface area contributed by atoms with Crippen LogP contribution in [0.25, 0.3) is 0 Å². The summed E-state index contributed by atoms with van der Waals surface area (Å²) in [5, 5.41) is 0. The van der Waals surface area contributed by atoms with Crippen LogP contribution in [0.15, 0.2) is 30.3 Å². The number of hydrogen-bond donors (Lipinski definition) is 0. The smallest absolute Gasteiger partial charge is 0.265 e. The van der Waals surface area contributed by atoms with Crippen molar-refractivity contribution in [2.24, 2.45) is 0 Å². The molecule has 3 nitrogen and oxygen atoms in total. The molecule has 0 aliphatic heterocycles. The van der Waals surface area contributed by atoms with Gasteiger partial charge in [-0.15, -0.1) is 4.58 Å². The fourth-order valence-electron chi connectivity index (χ4n) is 0.854. The standard InChI is InChI=1S/C9H10ClNO2/c1-2-13-11(10)9(12)8-6-4-3-5-7-8/h3-7H,2H2,1H3. The highest BCUT2D eigenvalue weighted by atomic mass is 35.5. The van der Waals surface area contributed by atoms with Crippen molar-refractivity contribution in [2.75, 3.05) is 6.61 Å². The van der Waals surface area contributed by atoms with Gasteiger partial charge in [-0.3, -0.25) is 9.63 Å². The van der Waals surface area contributed by atoms with Gasteiger partial charge in [0.05, 0.1) is 6.61 Å². The molecule has 0 N–H and O–H groups in total. The van der Waals surface area contributed by atoms with E-state index in [1.807, 2.05) is 6.07 Å². The monoisotopic (exact) mass is 199 g/mol. The normalized spacial score (nSPS) is 9.69. The van der Waals surface area contributed by atoms with Crippen molar-refractivity contribution >= 4 is 17.7 Å². The minimum absolute atomic E-state index is 0.357. The summed E-state index contributed by atoms with van der Waals surface area (Å²) in [4.78, 5) is 16.2. The molecule has 0 saturated carbocycles. The van der Waals surface area contributed by atoms with E-state index in [0.717, 1.165) is 4.58 Å². The Balaban J connectivity index is 2.68. The summed E-state index contributed by atoms with van der Waals surface area (Å²) >= 11 is 5.53. The van der Waals surface area contributed by atoms with Crippen molar-refractivity contribution in [3.63, 3.8) is 0 Å². The maximum absolute atomic E-state index is 11.4. The summed E-state index contributed by atoms with van der Waals surface area (Å²) in [6.07, 6.45) is 0. The first-order valence-electron chi connectivity index (χ1n) is 3.94. The Bertz CT molecular complexity index is 276. The van der Waals surface area contributed by atoms with Gasteiger partial charge in [-0.25, -0.2) is 0 Å². The van der Waals surface area contributed by atoms with Gasteiger partial charge in [-0.2, -0.15) is 0 Å². The Morgan fingerprint density at radius 1 is 1.46 bits per heavy atom. The first kappa shape index (κ1) is 10.0. The van der Waals surface area contributed by atoms with Gasteiger partial charge in [0.1, 0.15) is 0 Å². The second kappa shape index (κ2) is 4.84. The lowest BCUT2D eigenvalue weighted by atomic mass is 10.2. The van der Waals surface area contributed by atoms with E-state index in [2.05, 4.69) is 0 Å². The zero-order chi connectivity index (χ0) is 9.68. The van der Waals surface area contributed by atoms with Gasteiger partial charge in [0.25, 0.3) is 5.91 Å². The van der Waals surface area contributed by atoms with Gasteiger partial charge in [-0.05, 0) is 19.1 Å². The lowest BCUT2D eigenvalue weighted by Gasteiger charge is -2.11. The third-order valence-corrected chi connectivity index (χ3v) is 1.67. The van der Waals surface area contributed by atoms with Crippen LogP contribution in [0.5, 0.6) is 0 Å². The summed E-state index contributed by atoms with van der Waals surface area (Å²) in [6.45, 7) is 2.12. The SMILES string of the molecule is CCON(Cl)C(=O)c1ccccc1. The molecule has 0 spiro atoms. The molecule has 1 rings (SSSR count). The Hall–Kier alpha value is -1.06. The molecular weight excluding hydrogens is 190 g/mol. The lowest BCUT2D eigenvalue weighted by molar-refractivity contribution is -0.0527. The van der Waals surface area contributed by atoms with E-state index >= 15 is 0 Å². The van der Waals surface area contributed by atoms with Crippen LogP contribution < -0.4 is 0 Å². The van der Waals surface area contributed by atoms with Crippen LogP contribution in [0.2, 0.25) is 0 Å². The van der Waals surface area contributed by atoms with E-state index in [9.17, 15) is 4.79 Å². The second-order valence-corrected chi connectivity index (χ2v) is 2.64. The van der Waals surface area contributed by atoms with Crippen LogP contribution in [-0.4, -0.2) is 17.1 Å². The molecule has 4 heteroatoms. The predicted molar refractivity (Wildman–Crippen MR) is 50.1 cm³/mol. The maximum atomic E-state index is 11.4. The highest BCUT2D eigenvalue weighted by molar-refractivity contribution is 6.23. The largest absolute Gasteiger partial charge is 0.292 e. The zero-order valence-electron chi connectivity index (χ0n) is 7.24. The fourth-order valence-corrected chi connectivity index (χ4v) is 1.05. The van der Waals surface area contributed by atoms with E-state index in [-0.39, 0.29) is 5.91 Å². The number of hydrogen-bond acceptors (Lipinski definition) is 2. The summed E-state index contributed by atoms with van der Waals surface area (Å²) in [5.74, 6) is -0.357. The van der Waals surface area contributed by atoms with Gasteiger partial charge < -0.3 is 0 Å². The Labute approximate surface area is 81.9 Å². The van der Waals surface area contributed by atoms with Crippen LogP contribution in [-0.2, 0) is 4.84 Å². The van der Waals surface area contributed by atoms with Gasteiger partial charge in [0.2, 0.25) is 0 Å². The second-order valence-electron chi connectivity index (χ2n) is 2.33. The van der Waals surface area contributed by atoms with Gasteiger partial charge in [0, 0.05) is 17.3 Å². The molecule has 70 valence electrons. The zero-order valence-corrected chi connectivity index (χ0v) is 7.99. The van der Waals surface area contributed by atoms with Crippen LogP contribution in [0.3, 0.4) is 0 Å². The number of halogens is 1. The molecule has 0 bridgehead atoms. The lowest BCUT2D eigenvalue weighted by Crippen LogP contribution is -2.21. The number of amides is 1. The molecule has 13 heavy (non-hydrogen) atoms. The van der Waals surface area contributed by atoms with Crippen molar-refractivity contribution in [1.29, 1.82) is 0 Å². The number of hydroxylamine groups is 1. The predicted octanol–water partition coefficient (Wildman–Crippen LogP) is 2.23. The molecule has 0 unspecified atom stereocenters. The number of carbonyl (C=O) groups is 1. The third-order valence-electron chi connectivity index (χ3n) is 1.42. The highest BCUT2D eigenvalue weighted by Crippen LogP contribution is 2.06. The molecule has 0 aromatic heterocycles. The molecule has 0 aliphatic rings. The summed E-state index contributed by atoms with van der Waals surface area (Å²) in [6, 6.07) is 8.72. The number of nitrogens with zero attached hydrogens (tertiary/aromatic N) is 1. The Morgan fingerprint density at radius 2 is 2.08 bits per heavy atom. The van der Waals surface area contributed by atoms with Crippen molar-refractivity contribution in [3.05, 3.63) is 35.9 Å².